The highest BCUT2D eigenvalue weighted by Crippen LogP contribution is 2.11. The lowest BCUT2D eigenvalue weighted by atomic mass is 10.1. The first kappa shape index (κ1) is 29.3. The quantitative estimate of drug-likeness (QED) is 0.248. The third-order valence-corrected chi connectivity index (χ3v) is 5.63. The fraction of sp³-hybridized carbons (Fsp3) is 0.367. The highest BCUT2D eigenvalue weighted by Gasteiger charge is 2.18. The number of aliphatic hydroxyl groups excluding tert-OH is 1. The van der Waals surface area contributed by atoms with Gasteiger partial charge in [0.2, 0.25) is 5.91 Å². The van der Waals surface area contributed by atoms with Crippen LogP contribution in [0.25, 0.3) is 0 Å². The Bertz CT molecular complexity index is 1150. The molecule has 7 heteroatoms. The number of nitrogens with two attached hydrogens (primary N) is 1. The molecule has 2 rings (SSSR count). The van der Waals surface area contributed by atoms with Crippen molar-refractivity contribution in [2.45, 2.75) is 57.9 Å². The van der Waals surface area contributed by atoms with Crippen LogP contribution in [0.15, 0.2) is 48.5 Å². The summed E-state index contributed by atoms with van der Waals surface area (Å²) < 4.78 is 0. The molecule has 0 heterocycles. The van der Waals surface area contributed by atoms with E-state index in [4.69, 9.17) is 10.8 Å². The van der Waals surface area contributed by atoms with E-state index < -0.39 is 24.3 Å². The zero-order chi connectivity index (χ0) is 26.9. The summed E-state index contributed by atoms with van der Waals surface area (Å²) in [5.74, 6) is 10.5. The monoisotopic (exact) mass is 501 g/mol. The molecule has 194 valence electrons. The molecule has 0 aliphatic rings. The van der Waals surface area contributed by atoms with Gasteiger partial charge in [0.15, 0.2) is 5.78 Å². The van der Waals surface area contributed by atoms with Crippen LogP contribution in [-0.2, 0) is 9.59 Å². The third kappa shape index (κ3) is 11.1. The number of anilines is 1. The molecule has 2 aromatic carbocycles. The molecule has 2 amide bonds. The second kappa shape index (κ2) is 16.7. The number of hydrogen-bond acceptors (Lipinski definition) is 5. The molecule has 1 atom stereocenters. The fourth-order valence-electron chi connectivity index (χ4n) is 3.46. The number of rotatable bonds is 13. The number of Topliss-reactive ketones (excluding diaryl/α,β-unsaturated/α-hetero) is 1. The number of nitrogens with one attached hydrogen (secondary N) is 2. The van der Waals surface area contributed by atoms with E-state index in [2.05, 4.69) is 41.2 Å². The smallest absolute Gasteiger partial charge is 0.251 e. The number of amides is 2. The van der Waals surface area contributed by atoms with E-state index in [1.165, 1.54) is 25.7 Å². The molecule has 0 aliphatic carbocycles. The van der Waals surface area contributed by atoms with Crippen molar-refractivity contribution in [1.29, 1.82) is 0 Å². The summed E-state index contributed by atoms with van der Waals surface area (Å²) in [4.78, 5) is 35.9. The highest BCUT2D eigenvalue weighted by atomic mass is 16.3. The van der Waals surface area contributed by atoms with Crippen molar-refractivity contribution in [3.05, 3.63) is 65.2 Å². The average molecular weight is 502 g/mol. The Morgan fingerprint density at radius 2 is 1.43 bits per heavy atom. The van der Waals surface area contributed by atoms with Gasteiger partial charge in [-0.05, 0) is 66.8 Å². The minimum Gasteiger partial charge on any atom is -0.388 e. The number of hydrogen-bond donors (Lipinski definition) is 4. The lowest BCUT2D eigenvalue weighted by Crippen LogP contribution is -2.46. The summed E-state index contributed by atoms with van der Waals surface area (Å²) in [5, 5.41) is 14.3. The van der Waals surface area contributed by atoms with E-state index in [0.29, 0.717) is 17.5 Å². The van der Waals surface area contributed by atoms with Crippen molar-refractivity contribution in [2.75, 3.05) is 18.5 Å². The van der Waals surface area contributed by atoms with Crippen molar-refractivity contribution < 1.29 is 19.5 Å². The van der Waals surface area contributed by atoms with Gasteiger partial charge in [-0.3, -0.25) is 14.4 Å². The van der Waals surface area contributed by atoms with E-state index in [0.717, 1.165) is 24.1 Å². The molecule has 0 radical (unpaired) electrons. The van der Waals surface area contributed by atoms with Crippen molar-refractivity contribution in [3.8, 4) is 23.7 Å². The zero-order valence-corrected chi connectivity index (χ0v) is 21.3. The average Bonchev–Trinajstić information content (AvgIpc) is 2.92. The van der Waals surface area contributed by atoms with Crippen LogP contribution in [0.2, 0.25) is 0 Å². The van der Waals surface area contributed by atoms with Gasteiger partial charge in [0, 0.05) is 35.3 Å². The highest BCUT2D eigenvalue weighted by molar-refractivity contribution is 5.98. The topological polar surface area (TPSA) is 122 Å². The number of unbranched alkanes of at least 4 members (excludes halogenated alkanes) is 5. The van der Waals surface area contributed by atoms with Crippen LogP contribution in [0.4, 0.5) is 5.69 Å². The van der Waals surface area contributed by atoms with Crippen molar-refractivity contribution in [1.82, 2.24) is 5.32 Å². The van der Waals surface area contributed by atoms with Crippen molar-refractivity contribution >= 4 is 23.3 Å². The summed E-state index contributed by atoms with van der Waals surface area (Å²) in [5.41, 5.74) is 8.02. The van der Waals surface area contributed by atoms with E-state index in [-0.39, 0.29) is 12.5 Å². The SMILES string of the molecule is CCCCCCCCC(=O)Nc1ccc(C#CC#Cc2ccc(C(=O)N[C@@H](CN)C(=O)CO)cc2)cc1. The third-order valence-electron chi connectivity index (χ3n) is 5.63. The molecule has 0 saturated heterocycles. The first-order valence-corrected chi connectivity index (χ1v) is 12.6. The summed E-state index contributed by atoms with van der Waals surface area (Å²) >= 11 is 0. The minimum absolute atomic E-state index is 0.0292. The van der Waals surface area contributed by atoms with E-state index in [9.17, 15) is 14.4 Å². The molecule has 0 aromatic heterocycles. The summed E-state index contributed by atoms with van der Waals surface area (Å²) in [7, 11) is 0. The number of ketones is 1. The Hall–Kier alpha value is -3.91. The molecule has 7 nitrogen and oxygen atoms in total. The van der Waals surface area contributed by atoms with Gasteiger partial charge in [-0.15, -0.1) is 0 Å². The lowest BCUT2D eigenvalue weighted by molar-refractivity contribution is -0.123. The van der Waals surface area contributed by atoms with Crippen LogP contribution < -0.4 is 16.4 Å². The number of benzene rings is 2. The molecular weight excluding hydrogens is 466 g/mol. The molecule has 0 bridgehead atoms. The Kier molecular flexibility index (Phi) is 13.2. The normalized spacial score (nSPS) is 10.8. The summed E-state index contributed by atoms with van der Waals surface area (Å²) in [6, 6.07) is 12.9. The van der Waals surface area contributed by atoms with Gasteiger partial charge in [-0.1, -0.05) is 50.9 Å². The van der Waals surface area contributed by atoms with E-state index in [1.54, 1.807) is 24.3 Å². The molecule has 0 aliphatic heterocycles. The van der Waals surface area contributed by atoms with Crippen LogP contribution in [0, 0.1) is 23.7 Å². The fourth-order valence-corrected chi connectivity index (χ4v) is 3.46. The second-order valence-electron chi connectivity index (χ2n) is 8.61. The van der Waals surface area contributed by atoms with Gasteiger partial charge >= 0.3 is 0 Å². The van der Waals surface area contributed by atoms with Gasteiger partial charge in [-0.25, -0.2) is 0 Å². The maximum Gasteiger partial charge on any atom is 0.251 e. The Morgan fingerprint density at radius 1 is 0.865 bits per heavy atom. The van der Waals surface area contributed by atoms with Gasteiger partial charge in [-0.2, -0.15) is 0 Å². The summed E-state index contributed by atoms with van der Waals surface area (Å²) in [6.45, 7) is 1.41. The van der Waals surface area contributed by atoms with Gasteiger partial charge in [0.1, 0.15) is 12.6 Å². The lowest BCUT2D eigenvalue weighted by Gasteiger charge is -2.14. The van der Waals surface area contributed by atoms with Crippen LogP contribution in [-0.4, -0.2) is 41.9 Å². The first-order chi connectivity index (χ1) is 18.0. The molecule has 37 heavy (non-hydrogen) atoms. The van der Waals surface area contributed by atoms with Gasteiger partial charge in [0.05, 0.1) is 0 Å². The molecule has 0 fully saturated rings. The standard InChI is InChI=1S/C30H35N3O4/c1-2-3-4-5-6-7-12-29(36)32-26-19-15-24(16-20-26)11-9-8-10-23-13-17-25(18-14-23)30(37)33-27(21-31)28(35)22-34/h13-20,27,34H,2-7,12,21-22,31H2,1H3,(H,32,36)(H,33,37)/t27-/m0/s1. The van der Waals surface area contributed by atoms with Crippen LogP contribution in [0.5, 0.6) is 0 Å². The Labute approximate surface area is 219 Å². The summed E-state index contributed by atoms with van der Waals surface area (Å²) in [6.07, 6.45) is 7.44. The maximum absolute atomic E-state index is 12.3. The molecule has 5 N–H and O–H groups in total. The maximum atomic E-state index is 12.3. The molecule has 0 spiro atoms. The van der Waals surface area contributed by atoms with Gasteiger partial charge < -0.3 is 21.5 Å². The number of carbonyl (C=O) groups excluding carboxylic acids is 3. The predicted molar refractivity (Wildman–Crippen MR) is 146 cm³/mol. The van der Waals surface area contributed by atoms with Gasteiger partial charge in [0.25, 0.3) is 5.91 Å². The minimum atomic E-state index is -0.928. The van der Waals surface area contributed by atoms with E-state index in [1.807, 2.05) is 24.3 Å². The zero-order valence-electron chi connectivity index (χ0n) is 21.3. The van der Waals surface area contributed by atoms with Crippen LogP contribution in [0.3, 0.4) is 0 Å². The van der Waals surface area contributed by atoms with E-state index >= 15 is 0 Å². The Balaban J connectivity index is 1.82. The molecular formula is C30H35N3O4. The first-order valence-electron chi connectivity index (χ1n) is 12.6. The van der Waals surface area contributed by atoms with Crippen molar-refractivity contribution in [2.24, 2.45) is 5.73 Å². The number of carbonyl (C=O) groups is 3. The Morgan fingerprint density at radius 3 is 2.00 bits per heavy atom. The predicted octanol–water partition coefficient (Wildman–Crippen LogP) is 3.40. The molecule has 0 unspecified atom stereocenters. The van der Waals surface area contributed by atoms with Crippen LogP contribution >= 0.6 is 0 Å². The second-order valence-corrected chi connectivity index (χ2v) is 8.61. The molecule has 0 saturated carbocycles. The largest absolute Gasteiger partial charge is 0.388 e. The molecule has 2 aromatic rings. The van der Waals surface area contributed by atoms with Crippen LogP contribution in [0.1, 0.15) is 73.4 Å². The number of aliphatic hydroxyl groups is 1. The van der Waals surface area contributed by atoms with Crippen molar-refractivity contribution in [3.63, 3.8) is 0 Å².